The van der Waals surface area contributed by atoms with Gasteiger partial charge in [-0.3, -0.25) is 4.79 Å². The summed E-state index contributed by atoms with van der Waals surface area (Å²) < 4.78 is 11.3. The number of H-pyrrole nitrogens is 1. The molecule has 1 aromatic heterocycles. The Bertz CT molecular complexity index is 930. The third-order valence-electron chi connectivity index (χ3n) is 4.43. The zero-order valence-electron chi connectivity index (χ0n) is 16.1. The van der Waals surface area contributed by atoms with Crippen molar-refractivity contribution in [3.63, 3.8) is 0 Å². The average molecular weight is 366 g/mol. The summed E-state index contributed by atoms with van der Waals surface area (Å²) in [7, 11) is 0. The van der Waals surface area contributed by atoms with Crippen LogP contribution in [-0.2, 0) is 6.42 Å². The van der Waals surface area contributed by atoms with Crippen molar-refractivity contribution >= 4 is 16.8 Å². The Morgan fingerprint density at radius 2 is 1.78 bits per heavy atom. The number of para-hydroxylation sites is 1. The molecule has 2 aromatic carbocycles. The Labute approximate surface area is 159 Å². The first-order valence-electron chi connectivity index (χ1n) is 9.38. The fraction of sp³-hybridized carbons (Fsp3) is 0.318. The highest BCUT2D eigenvalue weighted by molar-refractivity contribution is 6.08. The number of fused-ring (bicyclic) bond motifs is 1. The van der Waals surface area contributed by atoms with Crippen LogP contribution in [0.4, 0.5) is 0 Å². The van der Waals surface area contributed by atoms with Crippen molar-refractivity contribution in [1.82, 2.24) is 10.3 Å². The zero-order valence-corrected chi connectivity index (χ0v) is 16.1. The number of ether oxygens (including phenoxy) is 2. The van der Waals surface area contributed by atoms with Crippen LogP contribution in [0, 0.1) is 6.92 Å². The number of aromatic nitrogens is 1. The molecule has 0 radical (unpaired) electrons. The molecule has 3 rings (SSSR count). The fourth-order valence-electron chi connectivity index (χ4n) is 3.23. The van der Waals surface area contributed by atoms with Gasteiger partial charge in [-0.25, -0.2) is 0 Å². The van der Waals surface area contributed by atoms with Crippen LogP contribution in [0.25, 0.3) is 10.9 Å². The molecule has 0 aliphatic heterocycles. The van der Waals surface area contributed by atoms with Crippen molar-refractivity contribution in [3.05, 3.63) is 59.3 Å². The molecule has 1 heterocycles. The van der Waals surface area contributed by atoms with Crippen molar-refractivity contribution in [2.45, 2.75) is 27.2 Å². The van der Waals surface area contributed by atoms with E-state index in [9.17, 15) is 4.79 Å². The summed E-state index contributed by atoms with van der Waals surface area (Å²) in [6, 6.07) is 13.8. The van der Waals surface area contributed by atoms with E-state index in [0.717, 1.165) is 40.1 Å². The Hall–Kier alpha value is -2.95. The van der Waals surface area contributed by atoms with Gasteiger partial charge >= 0.3 is 0 Å². The molecule has 0 aliphatic rings. The lowest BCUT2D eigenvalue weighted by Crippen LogP contribution is -2.26. The van der Waals surface area contributed by atoms with Gasteiger partial charge in [0.1, 0.15) is 0 Å². The SMILES string of the molecule is CCOc1ccc(CCNC(=O)c2c(C)[nH]c3ccccc23)cc1OCC. The number of aryl methyl sites for hydroxylation is 1. The van der Waals surface area contributed by atoms with Crippen molar-refractivity contribution in [1.29, 1.82) is 0 Å². The average Bonchev–Trinajstić information content (AvgIpc) is 3.00. The van der Waals surface area contributed by atoms with E-state index in [0.29, 0.717) is 25.3 Å². The largest absolute Gasteiger partial charge is 0.490 e. The third kappa shape index (κ3) is 4.25. The van der Waals surface area contributed by atoms with E-state index in [-0.39, 0.29) is 5.91 Å². The molecular weight excluding hydrogens is 340 g/mol. The molecule has 0 saturated heterocycles. The predicted molar refractivity (Wildman–Crippen MR) is 108 cm³/mol. The third-order valence-corrected chi connectivity index (χ3v) is 4.43. The number of benzene rings is 2. The summed E-state index contributed by atoms with van der Waals surface area (Å²) in [5, 5.41) is 3.98. The van der Waals surface area contributed by atoms with E-state index in [1.807, 2.05) is 63.2 Å². The van der Waals surface area contributed by atoms with E-state index in [2.05, 4.69) is 10.3 Å². The Kier molecular flexibility index (Phi) is 6.01. The molecule has 5 heteroatoms. The maximum atomic E-state index is 12.7. The summed E-state index contributed by atoms with van der Waals surface area (Å²) in [5.41, 5.74) is 3.67. The first-order valence-corrected chi connectivity index (χ1v) is 9.38. The minimum absolute atomic E-state index is 0.0547. The number of carbonyl (C=O) groups excluding carboxylic acids is 1. The summed E-state index contributed by atoms with van der Waals surface area (Å²) in [5.74, 6) is 1.44. The van der Waals surface area contributed by atoms with Crippen LogP contribution < -0.4 is 14.8 Å². The molecule has 0 fully saturated rings. The van der Waals surface area contributed by atoms with Crippen LogP contribution in [0.15, 0.2) is 42.5 Å². The Morgan fingerprint density at radius 1 is 1.04 bits per heavy atom. The second-order valence-electron chi connectivity index (χ2n) is 6.32. The standard InChI is InChI=1S/C22H26N2O3/c1-4-26-19-11-10-16(14-20(19)27-5-2)12-13-23-22(25)21-15(3)24-18-9-7-6-8-17(18)21/h6-11,14,24H,4-5,12-13H2,1-3H3,(H,23,25). The van der Waals surface area contributed by atoms with Crippen LogP contribution in [0.3, 0.4) is 0 Å². The van der Waals surface area contributed by atoms with Gasteiger partial charge in [0.05, 0.1) is 18.8 Å². The smallest absolute Gasteiger partial charge is 0.253 e. The van der Waals surface area contributed by atoms with Crippen molar-refractivity contribution < 1.29 is 14.3 Å². The molecule has 0 spiro atoms. The van der Waals surface area contributed by atoms with Crippen LogP contribution >= 0.6 is 0 Å². The monoisotopic (exact) mass is 366 g/mol. The molecule has 0 aliphatic carbocycles. The van der Waals surface area contributed by atoms with Gasteiger partial charge in [-0.1, -0.05) is 24.3 Å². The summed E-state index contributed by atoms with van der Waals surface area (Å²) >= 11 is 0. The highest BCUT2D eigenvalue weighted by Gasteiger charge is 2.15. The lowest BCUT2D eigenvalue weighted by molar-refractivity contribution is 0.0955. The molecular formula is C22H26N2O3. The maximum absolute atomic E-state index is 12.7. The second-order valence-corrected chi connectivity index (χ2v) is 6.32. The molecule has 3 aromatic rings. The van der Waals surface area contributed by atoms with Gasteiger partial charge in [0.15, 0.2) is 11.5 Å². The molecule has 142 valence electrons. The fourth-order valence-corrected chi connectivity index (χ4v) is 3.23. The van der Waals surface area contributed by atoms with E-state index < -0.39 is 0 Å². The molecule has 5 nitrogen and oxygen atoms in total. The van der Waals surface area contributed by atoms with E-state index in [1.54, 1.807) is 0 Å². The van der Waals surface area contributed by atoms with Gasteiger partial charge in [-0.05, 0) is 51.0 Å². The molecule has 27 heavy (non-hydrogen) atoms. The van der Waals surface area contributed by atoms with Crippen LogP contribution in [0.1, 0.15) is 35.5 Å². The summed E-state index contributed by atoms with van der Waals surface area (Å²) in [6.45, 7) is 7.56. The molecule has 0 unspecified atom stereocenters. The summed E-state index contributed by atoms with van der Waals surface area (Å²) in [6.07, 6.45) is 0.722. The number of aromatic amines is 1. The van der Waals surface area contributed by atoms with Crippen LogP contribution in [0.2, 0.25) is 0 Å². The van der Waals surface area contributed by atoms with Crippen molar-refractivity contribution in [2.24, 2.45) is 0 Å². The maximum Gasteiger partial charge on any atom is 0.253 e. The van der Waals surface area contributed by atoms with Crippen LogP contribution in [-0.4, -0.2) is 30.6 Å². The number of hydrogen-bond acceptors (Lipinski definition) is 3. The van der Waals surface area contributed by atoms with Crippen molar-refractivity contribution in [3.8, 4) is 11.5 Å². The predicted octanol–water partition coefficient (Wildman–Crippen LogP) is 4.25. The second kappa shape index (κ2) is 8.62. The highest BCUT2D eigenvalue weighted by atomic mass is 16.5. The topological polar surface area (TPSA) is 63.3 Å². The van der Waals surface area contributed by atoms with Gasteiger partial charge in [-0.15, -0.1) is 0 Å². The summed E-state index contributed by atoms with van der Waals surface area (Å²) in [4.78, 5) is 15.9. The normalized spacial score (nSPS) is 10.8. The van der Waals surface area contributed by atoms with Gasteiger partial charge in [0.25, 0.3) is 5.91 Å². The number of carbonyl (C=O) groups is 1. The highest BCUT2D eigenvalue weighted by Crippen LogP contribution is 2.28. The molecule has 1 amide bonds. The number of hydrogen-bond donors (Lipinski definition) is 2. The molecule has 0 bridgehead atoms. The Balaban J connectivity index is 1.66. The van der Waals surface area contributed by atoms with Crippen molar-refractivity contribution in [2.75, 3.05) is 19.8 Å². The quantitative estimate of drug-likeness (QED) is 0.626. The van der Waals surface area contributed by atoms with Gasteiger partial charge < -0.3 is 19.8 Å². The van der Waals surface area contributed by atoms with E-state index >= 15 is 0 Å². The Morgan fingerprint density at radius 3 is 2.56 bits per heavy atom. The lowest BCUT2D eigenvalue weighted by Gasteiger charge is -2.12. The molecule has 0 atom stereocenters. The molecule has 0 saturated carbocycles. The minimum Gasteiger partial charge on any atom is -0.490 e. The first-order chi connectivity index (χ1) is 13.1. The number of amides is 1. The zero-order chi connectivity index (χ0) is 19.2. The lowest BCUT2D eigenvalue weighted by atomic mass is 10.1. The first kappa shape index (κ1) is 18.8. The van der Waals surface area contributed by atoms with E-state index in [4.69, 9.17) is 9.47 Å². The molecule has 2 N–H and O–H groups in total. The van der Waals surface area contributed by atoms with Gasteiger partial charge in [0, 0.05) is 23.1 Å². The van der Waals surface area contributed by atoms with Gasteiger partial charge in [-0.2, -0.15) is 0 Å². The van der Waals surface area contributed by atoms with Gasteiger partial charge in [0.2, 0.25) is 0 Å². The number of rotatable bonds is 8. The van der Waals surface area contributed by atoms with Crippen LogP contribution in [0.5, 0.6) is 11.5 Å². The number of nitrogens with one attached hydrogen (secondary N) is 2. The van der Waals surface area contributed by atoms with E-state index in [1.165, 1.54) is 0 Å². The minimum atomic E-state index is -0.0547.